The molecule has 0 aliphatic heterocycles. The molecule has 0 aliphatic carbocycles. The minimum atomic E-state index is -0.764. The zero-order valence-electron chi connectivity index (χ0n) is 10.5. The highest BCUT2D eigenvalue weighted by Gasteiger charge is 2.16. The maximum Gasteiger partial charge on any atom is 0.275 e. The average molecular weight is 341 g/mol. The molecule has 0 spiro atoms. The van der Waals surface area contributed by atoms with Crippen molar-refractivity contribution in [3.05, 3.63) is 62.1 Å². The number of pyridine rings is 1. The van der Waals surface area contributed by atoms with Crippen molar-refractivity contribution < 1.29 is 14.1 Å². The fourth-order valence-corrected chi connectivity index (χ4v) is 1.83. The van der Waals surface area contributed by atoms with Gasteiger partial charge < -0.3 is 4.74 Å². The van der Waals surface area contributed by atoms with Gasteiger partial charge in [-0.15, -0.1) is 0 Å². The quantitative estimate of drug-likeness (QED) is 0.627. The standard InChI is InChI=1S/C13H10BrFN2O3/c1-8-4-13(11(15)5-12(8)17(18)19)20-7-10-3-2-9(14)6-16-10/h2-6H,7H2,1H3. The summed E-state index contributed by atoms with van der Waals surface area (Å²) in [5, 5.41) is 10.7. The summed E-state index contributed by atoms with van der Waals surface area (Å²) in [5.74, 6) is -0.794. The number of nitro benzene ring substituents is 1. The van der Waals surface area contributed by atoms with E-state index in [1.807, 2.05) is 0 Å². The first-order valence-corrected chi connectivity index (χ1v) is 6.44. The van der Waals surface area contributed by atoms with Crippen molar-refractivity contribution in [1.82, 2.24) is 4.98 Å². The van der Waals surface area contributed by atoms with E-state index in [0.717, 1.165) is 10.5 Å². The van der Waals surface area contributed by atoms with Gasteiger partial charge >= 0.3 is 0 Å². The third-order valence-electron chi connectivity index (χ3n) is 2.61. The lowest BCUT2D eigenvalue weighted by molar-refractivity contribution is -0.385. The van der Waals surface area contributed by atoms with Crippen molar-refractivity contribution in [2.24, 2.45) is 0 Å². The van der Waals surface area contributed by atoms with Gasteiger partial charge in [0.05, 0.1) is 16.7 Å². The molecule has 0 N–H and O–H groups in total. The Morgan fingerprint density at radius 1 is 1.45 bits per heavy atom. The largest absolute Gasteiger partial charge is 0.484 e. The molecule has 0 saturated carbocycles. The van der Waals surface area contributed by atoms with Crippen molar-refractivity contribution in [2.75, 3.05) is 0 Å². The van der Waals surface area contributed by atoms with Crippen LogP contribution in [-0.2, 0) is 6.61 Å². The number of hydrogen-bond acceptors (Lipinski definition) is 4. The predicted molar refractivity (Wildman–Crippen MR) is 74.1 cm³/mol. The Morgan fingerprint density at radius 3 is 2.80 bits per heavy atom. The maximum absolute atomic E-state index is 13.7. The highest BCUT2D eigenvalue weighted by atomic mass is 79.9. The Kier molecular flexibility index (Phi) is 4.29. The zero-order valence-corrected chi connectivity index (χ0v) is 12.1. The first kappa shape index (κ1) is 14.4. The van der Waals surface area contributed by atoms with Crippen molar-refractivity contribution in [3.8, 4) is 5.75 Å². The summed E-state index contributed by atoms with van der Waals surface area (Å²) in [7, 11) is 0. The third kappa shape index (κ3) is 3.30. The first-order chi connectivity index (χ1) is 9.47. The molecule has 1 aromatic heterocycles. The van der Waals surface area contributed by atoms with Crippen LogP contribution in [0.15, 0.2) is 34.9 Å². The smallest absolute Gasteiger partial charge is 0.275 e. The van der Waals surface area contributed by atoms with Gasteiger partial charge in [-0.05, 0) is 41.1 Å². The summed E-state index contributed by atoms with van der Waals surface area (Å²) >= 11 is 3.26. The van der Waals surface area contributed by atoms with Crippen molar-refractivity contribution >= 4 is 21.6 Å². The van der Waals surface area contributed by atoms with Crippen molar-refractivity contribution in [3.63, 3.8) is 0 Å². The van der Waals surface area contributed by atoms with Crippen LogP contribution in [0.5, 0.6) is 5.75 Å². The van der Waals surface area contributed by atoms with E-state index in [1.54, 1.807) is 18.3 Å². The van der Waals surface area contributed by atoms with Gasteiger partial charge in [0.2, 0.25) is 0 Å². The molecular formula is C13H10BrFN2O3. The molecule has 0 saturated heterocycles. The SMILES string of the molecule is Cc1cc(OCc2ccc(Br)cn2)c(F)cc1[N+](=O)[O-]. The van der Waals surface area contributed by atoms with Crippen LogP contribution in [0.3, 0.4) is 0 Å². The van der Waals surface area contributed by atoms with Crippen LogP contribution >= 0.6 is 15.9 Å². The van der Waals surface area contributed by atoms with E-state index < -0.39 is 10.7 Å². The molecule has 2 aromatic rings. The lowest BCUT2D eigenvalue weighted by Gasteiger charge is -2.08. The number of benzene rings is 1. The molecule has 0 fully saturated rings. The van der Waals surface area contributed by atoms with E-state index in [1.165, 1.54) is 13.0 Å². The van der Waals surface area contributed by atoms with Gasteiger partial charge in [-0.3, -0.25) is 15.1 Å². The monoisotopic (exact) mass is 340 g/mol. The van der Waals surface area contributed by atoms with Gasteiger partial charge in [-0.25, -0.2) is 4.39 Å². The molecular weight excluding hydrogens is 331 g/mol. The van der Waals surface area contributed by atoms with E-state index in [4.69, 9.17) is 4.74 Å². The molecule has 1 aromatic carbocycles. The molecule has 2 rings (SSSR count). The Labute approximate surface area is 122 Å². The van der Waals surface area contributed by atoms with Crippen LogP contribution in [0.25, 0.3) is 0 Å². The zero-order chi connectivity index (χ0) is 14.7. The Morgan fingerprint density at radius 2 is 2.20 bits per heavy atom. The summed E-state index contributed by atoms with van der Waals surface area (Å²) in [6, 6.07) is 5.70. The highest BCUT2D eigenvalue weighted by molar-refractivity contribution is 9.10. The van der Waals surface area contributed by atoms with E-state index in [-0.39, 0.29) is 18.0 Å². The van der Waals surface area contributed by atoms with E-state index in [9.17, 15) is 14.5 Å². The predicted octanol–water partition coefficient (Wildman–Crippen LogP) is 3.78. The van der Waals surface area contributed by atoms with Gasteiger partial charge in [-0.2, -0.15) is 0 Å². The summed E-state index contributed by atoms with van der Waals surface area (Å²) in [6.45, 7) is 1.61. The van der Waals surface area contributed by atoms with E-state index in [2.05, 4.69) is 20.9 Å². The van der Waals surface area contributed by atoms with Gasteiger partial charge in [0.1, 0.15) is 6.61 Å². The lowest BCUT2D eigenvalue weighted by Crippen LogP contribution is -2.01. The average Bonchev–Trinajstić information content (AvgIpc) is 2.41. The number of halogens is 2. The van der Waals surface area contributed by atoms with Crippen LogP contribution in [0.2, 0.25) is 0 Å². The normalized spacial score (nSPS) is 10.3. The fourth-order valence-electron chi connectivity index (χ4n) is 1.60. The highest BCUT2D eigenvalue weighted by Crippen LogP contribution is 2.27. The van der Waals surface area contributed by atoms with Crippen LogP contribution in [-0.4, -0.2) is 9.91 Å². The van der Waals surface area contributed by atoms with Crippen LogP contribution in [0.1, 0.15) is 11.3 Å². The summed E-state index contributed by atoms with van der Waals surface area (Å²) in [5.41, 5.74) is 0.704. The minimum absolute atomic E-state index is 0.0298. The summed E-state index contributed by atoms with van der Waals surface area (Å²) in [6.07, 6.45) is 1.61. The number of nitrogens with zero attached hydrogens (tertiary/aromatic N) is 2. The molecule has 0 amide bonds. The van der Waals surface area contributed by atoms with E-state index >= 15 is 0 Å². The van der Waals surface area contributed by atoms with Gasteiger partial charge in [0.25, 0.3) is 5.69 Å². The van der Waals surface area contributed by atoms with Gasteiger partial charge in [0, 0.05) is 16.2 Å². The number of ether oxygens (including phenoxy) is 1. The minimum Gasteiger partial charge on any atom is -0.484 e. The summed E-state index contributed by atoms with van der Waals surface area (Å²) < 4.78 is 19.8. The Bertz CT molecular complexity index is 647. The number of hydrogen-bond donors (Lipinski definition) is 0. The Balaban J connectivity index is 2.16. The van der Waals surface area contributed by atoms with Gasteiger partial charge in [0.15, 0.2) is 11.6 Å². The second kappa shape index (κ2) is 5.96. The lowest BCUT2D eigenvalue weighted by atomic mass is 10.2. The molecule has 0 unspecified atom stereocenters. The van der Waals surface area contributed by atoms with Crippen LogP contribution < -0.4 is 4.74 Å². The van der Waals surface area contributed by atoms with Crippen molar-refractivity contribution in [1.29, 1.82) is 0 Å². The second-order valence-corrected chi connectivity index (χ2v) is 5.00. The fraction of sp³-hybridized carbons (Fsp3) is 0.154. The Hall–Kier alpha value is -2.02. The first-order valence-electron chi connectivity index (χ1n) is 5.65. The van der Waals surface area contributed by atoms with E-state index in [0.29, 0.717) is 11.3 Å². The number of aryl methyl sites for hydroxylation is 1. The molecule has 0 bridgehead atoms. The van der Waals surface area contributed by atoms with Crippen LogP contribution in [0.4, 0.5) is 10.1 Å². The molecule has 5 nitrogen and oxygen atoms in total. The molecule has 104 valence electrons. The number of nitro groups is 1. The number of rotatable bonds is 4. The third-order valence-corrected chi connectivity index (χ3v) is 3.08. The number of aromatic nitrogens is 1. The van der Waals surface area contributed by atoms with Gasteiger partial charge in [-0.1, -0.05) is 0 Å². The topological polar surface area (TPSA) is 65.3 Å². The molecule has 0 radical (unpaired) electrons. The van der Waals surface area contributed by atoms with Crippen LogP contribution in [0, 0.1) is 22.9 Å². The molecule has 7 heteroatoms. The molecule has 0 atom stereocenters. The van der Waals surface area contributed by atoms with Crippen molar-refractivity contribution in [2.45, 2.75) is 13.5 Å². The molecule has 0 aliphatic rings. The molecule has 1 heterocycles. The molecule has 20 heavy (non-hydrogen) atoms. The summed E-state index contributed by atoms with van der Waals surface area (Å²) in [4.78, 5) is 14.1. The maximum atomic E-state index is 13.7. The second-order valence-electron chi connectivity index (χ2n) is 4.08.